The van der Waals surface area contributed by atoms with Crippen LogP contribution in [0.15, 0.2) is 46.9 Å². The summed E-state index contributed by atoms with van der Waals surface area (Å²) in [5.41, 5.74) is 1.35. The zero-order valence-electron chi connectivity index (χ0n) is 14.8. The molecule has 0 amide bonds. The lowest BCUT2D eigenvalue weighted by molar-refractivity contribution is -0.153. The molecule has 0 bridgehead atoms. The van der Waals surface area contributed by atoms with Crippen LogP contribution in [0.4, 0.5) is 13.2 Å². The summed E-state index contributed by atoms with van der Waals surface area (Å²) in [4.78, 5) is 8.47. The topological polar surface area (TPSA) is 53.5 Å². The van der Waals surface area contributed by atoms with Crippen LogP contribution in [0.25, 0.3) is 10.9 Å². The molecule has 0 saturated carbocycles. The predicted octanol–water partition coefficient (Wildman–Crippen LogP) is 5.06. The number of ether oxygens (including phenoxy) is 3. The van der Waals surface area contributed by atoms with E-state index in [-0.39, 0.29) is 18.3 Å². The predicted molar refractivity (Wildman–Crippen MR) is 100 cm³/mol. The van der Waals surface area contributed by atoms with E-state index < -0.39 is 12.8 Å². The molecule has 2 aromatic carbocycles. The van der Waals surface area contributed by atoms with Crippen LogP contribution in [0.2, 0.25) is 0 Å². The van der Waals surface area contributed by atoms with Gasteiger partial charge in [-0.15, -0.1) is 0 Å². The highest BCUT2D eigenvalue weighted by Gasteiger charge is 2.29. The summed E-state index contributed by atoms with van der Waals surface area (Å²) in [5, 5.41) is 0.337. The second kappa shape index (κ2) is 8.74. The third-order valence-electron chi connectivity index (χ3n) is 3.70. The number of fused-ring (bicyclic) bond motifs is 1. The van der Waals surface area contributed by atoms with Crippen LogP contribution in [0.1, 0.15) is 11.4 Å². The first-order chi connectivity index (χ1) is 13.4. The lowest BCUT2D eigenvalue weighted by atomic mass is 10.2. The van der Waals surface area contributed by atoms with Gasteiger partial charge in [0.1, 0.15) is 12.4 Å². The van der Waals surface area contributed by atoms with E-state index in [0.29, 0.717) is 27.7 Å². The Hall–Kier alpha value is -2.39. The number of nitrogens with zero attached hydrogens (tertiary/aromatic N) is 2. The van der Waals surface area contributed by atoms with Gasteiger partial charge in [-0.05, 0) is 27.6 Å². The van der Waals surface area contributed by atoms with Gasteiger partial charge in [0.25, 0.3) is 0 Å². The SMILES string of the molecule is COc1cc2nc(COCc3ccccc3)nc(OCC(F)(F)F)c2cc1Br. The zero-order chi connectivity index (χ0) is 20.1. The number of hydrogen-bond acceptors (Lipinski definition) is 5. The molecule has 9 heteroatoms. The minimum atomic E-state index is -4.48. The Morgan fingerprint density at radius 1 is 1.04 bits per heavy atom. The number of hydrogen-bond donors (Lipinski definition) is 0. The molecule has 3 rings (SSSR count). The van der Waals surface area contributed by atoms with Crippen LogP contribution in [0, 0.1) is 0 Å². The monoisotopic (exact) mass is 456 g/mol. The maximum absolute atomic E-state index is 12.6. The van der Waals surface area contributed by atoms with Crippen molar-refractivity contribution in [2.75, 3.05) is 13.7 Å². The standard InChI is InChI=1S/C19H16BrF3N2O3/c1-26-16-8-15-13(7-14(16)20)18(28-11-19(21,22)23)25-17(24-15)10-27-9-12-5-3-2-4-6-12/h2-8H,9-11H2,1H3. The van der Waals surface area contributed by atoms with E-state index in [0.717, 1.165) is 5.56 Å². The molecule has 0 aliphatic heterocycles. The molecule has 0 radical (unpaired) electrons. The molecule has 0 aliphatic carbocycles. The molecule has 148 valence electrons. The molecule has 3 aromatic rings. The molecule has 0 unspecified atom stereocenters. The van der Waals surface area contributed by atoms with Crippen LogP contribution in [-0.2, 0) is 18.0 Å². The molecule has 5 nitrogen and oxygen atoms in total. The average molecular weight is 457 g/mol. The number of methoxy groups -OCH3 is 1. The van der Waals surface area contributed by atoms with Gasteiger partial charge in [0.05, 0.1) is 29.1 Å². The van der Waals surface area contributed by atoms with Gasteiger partial charge in [0, 0.05) is 6.07 Å². The molecule has 0 atom stereocenters. The Labute approximate surface area is 167 Å². The summed E-state index contributed by atoms with van der Waals surface area (Å²) in [5.74, 6) is 0.540. The Morgan fingerprint density at radius 3 is 2.46 bits per heavy atom. The fourth-order valence-electron chi connectivity index (χ4n) is 2.46. The number of rotatable bonds is 7. The Bertz CT molecular complexity index is 953. The highest BCUT2D eigenvalue weighted by atomic mass is 79.9. The summed E-state index contributed by atoms with van der Waals surface area (Å²) in [7, 11) is 1.48. The minimum absolute atomic E-state index is 0.0194. The molecule has 1 aromatic heterocycles. The normalized spacial score (nSPS) is 11.6. The smallest absolute Gasteiger partial charge is 0.422 e. The summed E-state index contributed by atoms with van der Waals surface area (Å²) < 4.78 is 54.1. The van der Waals surface area contributed by atoms with E-state index >= 15 is 0 Å². The van der Waals surface area contributed by atoms with Gasteiger partial charge >= 0.3 is 6.18 Å². The number of aromatic nitrogens is 2. The zero-order valence-corrected chi connectivity index (χ0v) is 16.4. The lowest BCUT2D eigenvalue weighted by Crippen LogP contribution is -2.20. The largest absolute Gasteiger partial charge is 0.495 e. The molecular formula is C19H16BrF3N2O3. The Kier molecular flexibility index (Phi) is 6.35. The van der Waals surface area contributed by atoms with Gasteiger partial charge in [-0.2, -0.15) is 18.2 Å². The van der Waals surface area contributed by atoms with E-state index in [4.69, 9.17) is 14.2 Å². The van der Waals surface area contributed by atoms with Crippen molar-refractivity contribution >= 4 is 26.8 Å². The molecule has 0 fully saturated rings. The quantitative estimate of drug-likeness (QED) is 0.497. The van der Waals surface area contributed by atoms with E-state index in [1.54, 1.807) is 12.1 Å². The summed E-state index contributed by atoms with van der Waals surface area (Å²) >= 11 is 3.31. The molecule has 0 saturated heterocycles. The first-order valence-corrected chi connectivity index (χ1v) is 9.00. The third-order valence-corrected chi connectivity index (χ3v) is 4.32. The molecule has 1 heterocycles. The van der Waals surface area contributed by atoms with Crippen molar-refractivity contribution < 1.29 is 27.4 Å². The maximum Gasteiger partial charge on any atom is 0.422 e. The second-order valence-corrected chi connectivity index (χ2v) is 6.69. The highest BCUT2D eigenvalue weighted by Crippen LogP contribution is 2.33. The molecule has 0 spiro atoms. The molecule has 0 N–H and O–H groups in total. The van der Waals surface area contributed by atoms with Crippen LogP contribution in [0.3, 0.4) is 0 Å². The van der Waals surface area contributed by atoms with Gasteiger partial charge in [-0.3, -0.25) is 0 Å². The molecule has 28 heavy (non-hydrogen) atoms. The number of alkyl halides is 3. The van der Waals surface area contributed by atoms with Crippen LogP contribution in [-0.4, -0.2) is 29.9 Å². The van der Waals surface area contributed by atoms with Gasteiger partial charge in [0.15, 0.2) is 12.4 Å². The van der Waals surface area contributed by atoms with Crippen molar-refractivity contribution in [2.24, 2.45) is 0 Å². The highest BCUT2D eigenvalue weighted by molar-refractivity contribution is 9.10. The van der Waals surface area contributed by atoms with E-state index in [1.807, 2.05) is 30.3 Å². The number of halogens is 4. The third kappa shape index (κ3) is 5.32. The number of benzene rings is 2. The fraction of sp³-hybridized carbons (Fsp3) is 0.263. The summed E-state index contributed by atoms with van der Waals surface area (Å²) in [6.45, 7) is -1.11. The van der Waals surface area contributed by atoms with Crippen molar-refractivity contribution in [1.29, 1.82) is 0 Å². The van der Waals surface area contributed by atoms with Crippen molar-refractivity contribution in [3.63, 3.8) is 0 Å². The molecular weight excluding hydrogens is 441 g/mol. The summed E-state index contributed by atoms with van der Waals surface area (Å²) in [6.07, 6.45) is -4.48. The average Bonchev–Trinajstić information content (AvgIpc) is 2.66. The van der Waals surface area contributed by atoms with Crippen LogP contribution >= 0.6 is 15.9 Å². The van der Waals surface area contributed by atoms with E-state index in [9.17, 15) is 13.2 Å². The molecule has 0 aliphatic rings. The van der Waals surface area contributed by atoms with Crippen LogP contribution in [0.5, 0.6) is 11.6 Å². The fourth-order valence-corrected chi connectivity index (χ4v) is 2.97. The minimum Gasteiger partial charge on any atom is -0.495 e. The van der Waals surface area contributed by atoms with Crippen molar-refractivity contribution in [2.45, 2.75) is 19.4 Å². The van der Waals surface area contributed by atoms with Crippen LogP contribution < -0.4 is 9.47 Å². The van der Waals surface area contributed by atoms with E-state index in [1.165, 1.54) is 7.11 Å². The lowest BCUT2D eigenvalue weighted by Gasteiger charge is -2.13. The van der Waals surface area contributed by atoms with E-state index in [2.05, 4.69) is 25.9 Å². The van der Waals surface area contributed by atoms with Gasteiger partial charge in [0.2, 0.25) is 5.88 Å². The second-order valence-electron chi connectivity index (χ2n) is 5.83. The first-order valence-electron chi connectivity index (χ1n) is 8.21. The first kappa shape index (κ1) is 20.3. The summed E-state index contributed by atoms with van der Waals surface area (Å²) in [6, 6.07) is 12.6. The van der Waals surface area contributed by atoms with Gasteiger partial charge in [-0.25, -0.2) is 4.98 Å². The Balaban J connectivity index is 1.87. The Morgan fingerprint density at radius 2 is 1.79 bits per heavy atom. The van der Waals surface area contributed by atoms with Gasteiger partial charge in [-0.1, -0.05) is 30.3 Å². The van der Waals surface area contributed by atoms with Gasteiger partial charge < -0.3 is 14.2 Å². The maximum atomic E-state index is 12.6. The van der Waals surface area contributed by atoms with Crippen molar-refractivity contribution in [1.82, 2.24) is 9.97 Å². The van der Waals surface area contributed by atoms with Crippen molar-refractivity contribution in [3.05, 3.63) is 58.3 Å². The van der Waals surface area contributed by atoms with Crippen molar-refractivity contribution in [3.8, 4) is 11.6 Å².